The van der Waals surface area contributed by atoms with E-state index in [1.807, 2.05) is 56.0 Å². The number of nitrogens with one attached hydrogen (secondary N) is 1. The van der Waals surface area contributed by atoms with Crippen molar-refractivity contribution in [2.24, 2.45) is 5.41 Å². The van der Waals surface area contributed by atoms with E-state index in [1.54, 1.807) is 26.6 Å². The molecule has 4 rings (SSSR count). The number of pyridine rings is 1. The van der Waals surface area contributed by atoms with E-state index in [4.69, 9.17) is 19.4 Å². The molecule has 33 heavy (non-hydrogen) atoms. The first-order chi connectivity index (χ1) is 15.8. The Morgan fingerprint density at radius 2 is 1.76 bits per heavy atom. The van der Waals surface area contributed by atoms with Crippen LogP contribution in [0.5, 0.6) is 11.5 Å². The van der Waals surface area contributed by atoms with Gasteiger partial charge in [0.25, 0.3) is 0 Å². The van der Waals surface area contributed by atoms with Gasteiger partial charge in [-0.3, -0.25) is 9.78 Å². The smallest absolute Gasteiger partial charge is 0.228 e. The summed E-state index contributed by atoms with van der Waals surface area (Å²) in [5, 5.41) is 3.43. The molecule has 0 spiro atoms. The van der Waals surface area contributed by atoms with Gasteiger partial charge in [0.05, 0.1) is 26.5 Å². The second-order valence-electron chi connectivity index (χ2n) is 8.98. The number of carbonyl (C=O) groups is 1. The van der Waals surface area contributed by atoms with E-state index in [0.29, 0.717) is 42.7 Å². The average molecular weight is 448 g/mol. The lowest BCUT2D eigenvalue weighted by Gasteiger charge is -2.34. The highest BCUT2D eigenvalue weighted by atomic mass is 16.5. The van der Waals surface area contributed by atoms with Gasteiger partial charge in [0.1, 0.15) is 5.82 Å². The summed E-state index contributed by atoms with van der Waals surface area (Å²) < 4.78 is 10.8. The fourth-order valence-electron chi connectivity index (χ4n) is 3.85. The number of aromatic nitrogens is 3. The standard InChI is InChI=1S/C25H29N5O3/c1-25(2,3)24(31)30-13-10-19-18(15-30)23(29-22(28-19)16-8-11-26-12-9-16)27-17-6-7-20(32-4)21(14-17)33-5/h6-9,11-12,14H,10,13,15H2,1-5H3,(H,27,28,29). The van der Waals surface area contributed by atoms with E-state index in [9.17, 15) is 4.79 Å². The zero-order valence-corrected chi connectivity index (χ0v) is 19.7. The summed E-state index contributed by atoms with van der Waals surface area (Å²) in [6.45, 7) is 6.91. The predicted octanol–water partition coefficient (Wildman–Crippen LogP) is 4.23. The lowest BCUT2D eigenvalue weighted by molar-refractivity contribution is -0.140. The molecule has 0 bridgehead atoms. The van der Waals surface area contributed by atoms with Gasteiger partial charge in [-0.15, -0.1) is 0 Å². The molecule has 0 fully saturated rings. The molecule has 0 saturated heterocycles. The molecule has 0 radical (unpaired) electrons. The molecule has 3 aromatic rings. The largest absolute Gasteiger partial charge is 0.493 e. The van der Waals surface area contributed by atoms with Crippen molar-refractivity contribution in [3.63, 3.8) is 0 Å². The molecular formula is C25H29N5O3. The van der Waals surface area contributed by atoms with Crippen LogP contribution < -0.4 is 14.8 Å². The average Bonchev–Trinajstić information content (AvgIpc) is 2.83. The first kappa shape index (κ1) is 22.5. The number of carbonyl (C=O) groups excluding carboxylic acids is 1. The molecular weight excluding hydrogens is 418 g/mol. The molecule has 8 nitrogen and oxygen atoms in total. The summed E-state index contributed by atoms with van der Waals surface area (Å²) >= 11 is 0. The van der Waals surface area contributed by atoms with Gasteiger partial charge >= 0.3 is 0 Å². The highest BCUT2D eigenvalue weighted by Gasteiger charge is 2.32. The molecule has 0 unspecified atom stereocenters. The van der Waals surface area contributed by atoms with Crippen molar-refractivity contribution in [2.75, 3.05) is 26.1 Å². The van der Waals surface area contributed by atoms with E-state index in [-0.39, 0.29) is 5.91 Å². The Morgan fingerprint density at radius 3 is 2.42 bits per heavy atom. The van der Waals surface area contributed by atoms with Gasteiger partial charge in [0.2, 0.25) is 5.91 Å². The Labute approximate surface area is 194 Å². The number of rotatable bonds is 5. The van der Waals surface area contributed by atoms with Crippen LogP contribution in [0.25, 0.3) is 11.4 Å². The molecule has 1 N–H and O–H groups in total. The van der Waals surface area contributed by atoms with E-state index in [2.05, 4.69) is 10.3 Å². The molecule has 3 heterocycles. The minimum atomic E-state index is -0.452. The molecule has 172 valence electrons. The summed E-state index contributed by atoms with van der Waals surface area (Å²) in [7, 11) is 3.21. The van der Waals surface area contributed by atoms with E-state index in [0.717, 1.165) is 22.5 Å². The van der Waals surface area contributed by atoms with Crippen LogP contribution in [0.1, 0.15) is 32.0 Å². The van der Waals surface area contributed by atoms with Crippen LogP contribution in [-0.2, 0) is 17.8 Å². The van der Waals surface area contributed by atoms with Gasteiger partial charge in [-0.05, 0) is 24.3 Å². The maximum absolute atomic E-state index is 13.0. The Balaban J connectivity index is 1.76. The highest BCUT2D eigenvalue weighted by molar-refractivity contribution is 5.82. The first-order valence-corrected chi connectivity index (χ1v) is 10.9. The number of fused-ring (bicyclic) bond motifs is 1. The Bertz CT molecular complexity index is 1160. The normalized spacial score (nSPS) is 13.3. The lowest BCUT2D eigenvalue weighted by Crippen LogP contribution is -2.42. The lowest BCUT2D eigenvalue weighted by atomic mass is 9.93. The van der Waals surface area contributed by atoms with Gasteiger partial charge in [0, 0.05) is 53.7 Å². The molecule has 1 amide bonds. The van der Waals surface area contributed by atoms with Crippen LogP contribution in [0.15, 0.2) is 42.7 Å². The topological polar surface area (TPSA) is 89.5 Å². The van der Waals surface area contributed by atoms with Crippen molar-refractivity contribution in [3.05, 3.63) is 54.0 Å². The third-order valence-electron chi connectivity index (χ3n) is 5.57. The quantitative estimate of drug-likeness (QED) is 0.626. The Hall–Kier alpha value is -3.68. The van der Waals surface area contributed by atoms with Crippen LogP contribution in [0, 0.1) is 5.41 Å². The Morgan fingerprint density at radius 1 is 1.03 bits per heavy atom. The van der Waals surface area contributed by atoms with Gasteiger partial charge in [-0.1, -0.05) is 20.8 Å². The minimum Gasteiger partial charge on any atom is -0.493 e. The molecule has 1 aromatic carbocycles. The summed E-state index contributed by atoms with van der Waals surface area (Å²) in [5.74, 6) is 2.67. The molecule has 0 aliphatic carbocycles. The number of hydrogen-bond acceptors (Lipinski definition) is 7. The van der Waals surface area contributed by atoms with E-state index < -0.39 is 5.41 Å². The van der Waals surface area contributed by atoms with Gasteiger partial charge in [-0.2, -0.15) is 0 Å². The van der Waals surface area contributed by atoms with Gasteiger partial charge < -0.3 is 19.7 Å². The summed E-state index contributed by atoms with van der Waals surface area (Å²) in [6, 6.07) is 9.39. The molecule has 1 aliphatic rings. The summed E-state index contributed by atoms with van der Waals surface area (Å²) in [5.41, 5.74) is 3.10. The highest BCUT2D eigenvalue weighted by Crippen LogP contribution is 2.34. The number of methoxy groups -OCH3 is 2. The van der Waals surface area contributed by atoms with Crippen molar-refractivity contribution in [1.29, 1.82) is 0 Å². The van der Waals surface area contributed by atoms with Crippen molar-refractivity contribution in [2.45, 2.75) is 33.7 Å². The van der Waals surface area contributed by atoms with Gasteiger partial charge in [-0.25, -0.2) is 9.97 Å². The summed E-state index contributed by atoms with van der Waals surface area (Å²) in [6.07, 6.45) is 4.12. The molecule has 8 heteroatoms. The summed E-state index contributed by atoms with van der Waals surface area (Å²) in [4.78, 5) is 28.6. The fourth-order valence-corrected chi connectivity index (χ4v) is 3.85. The number of ether oxygens (including phenoxy) is 2. The fraction of sp³-hybridized carbons (Fsp3) is 0.360. The van der Waals surface area contributed by atoms with E-state index >= 15 is 0 Å². The molecule has 1 aliphatic heterocycles. The molecule has 0 saturated carbocycles. The number of anilines is 2. The second kappa shape index (κ2) is 9.05. The van der Waals surface area contributed by atoms with Crippen molar-refractivity contribution >= 4 is 17.4 Å². The SMILES string of the molecule is COc1ccc(Nc2nc(-c3ccncc3)nc3c2CN(C(=O)C(C)(C)C)CC3)cc1OC. The van der Waals surface area contributed by atoms with Crippen molar-refractivity contribution < 1.29 is 14.3 Å². The monoisotopic (exact) mass is 447 g/mol. The maximum atomic E-state index is 13.0. The minimum absolute atomic E-state index is 0.114. The van der Waals surface area contributed by atoms with Gasteiger partial charge in [0.15, 0.2) is 17.3 Å². The zero-order chi connectivity index (χ0) is 23.6. The Kier molecular flexibility index (Phi) is 6.18. The van der Waals surface area contributed by atoms with Crippen LogP contribution in [0.4, 0.5) is 11.5 Å². The first-order valence-electron chi connectivity index (χ1n) is 10.9. The second-order valence-corrected chi connectivity index (χ2v) is 8.98. The third kappa shape index (κ3) is 4.74. The molecule has 2 aromatic heterocycles. The van der Waals surface area contributed by atoms with Crippen molar-refractivity contribution in [3.8, 4) is 22.9 Å². The maximum Gasteiger partial charge on any atom is 0.228 e. The van der Waals surface area contributed by atoms with Crippen LogP contribution >= 0.6 is 0 Å². The molecule has 0 atom stereocenters. The third-order valence-corrected chi connectivity index (χ3v) is 5.57. The van der Waals surface area contributed by atoms with Crippen molar-refractivity contribution in [1.82, 2.24) is 19.9 Å². The van der Waals surface area contributed by atoms with Crippen LogP contribution in [0.3, 0.4) is 0 Å². The number of amides is 1. The number of hydrogen-bond donors (Lipinski definition) is 1. The number of benzene rings is 1. The predicted molar refractivity (Wildman–Crippen MR) is 127 cm³/mol. The van der Waals surface area contributed by atoms with Crippen LogP contribution in [-0.4, -0.2) is 46.5 Å². The number of nitrogens with zero attached hydrogens (tertiary/aromatic N) is 4. The van der Waals surface area contributed by atoms with E-state index in [1.165, 1.54) is 0 Å². The van der Waals surface area contributed by atoms with Crippen LogP contribution in [0.2, 0.25) is 0 Å². The zero-order valence-electron chi connectivity index (χ0n) is 19.7.